The van der Waals surface area contributed by atoms with Crippen LogP contribution in [0.5, 0.6) is 5.75 Å². The first-order valence-corrected chi connectivity index (χ1v) is 5.34. The molecule has 98 valence electrons. The number of hydrogen-bond acceptors (Lipinski definition) is 5. The van der Waals surface area contributed by atoms with Gasteiger partial charge in [-0.15, -0.1) is 0 Å². The number of benzene rings is 1. The Morgan fingerprint density at radius 2 is 2.05 bits per heavy atom. The number of aromatic nitrogens is 2. The molecule has 1 aromatic carbocycles. The van der Waals surface area contributed by atoms with Gasteiger partial charge < -0.3 is 20.1 Å². The van der Waals surface area contributed by atoms with Gasteiger partial charge in [0.05, 0.1) is 19.0 Å². The molecule has 7 heteroatoms. The maximum absolute atomic E-state index is 11.5. The molecule has 0 radical (unpaired) electrons. The Balaban J connectivity index is 2.29. The molecule has 0 aliphatic rings. The van der Waals surface area contributed by atoms with Gasteiger partial charge in [-0.1, -0.05) is 0 Å². The fourth-order valence-corrected chi connectivity index (χ4v) is 1.50. The molecule has 0 atom stereocenters. The monoisotopic (exact) mass is 261 g/mol. The molecule has 7 nitrogen and oxygen atoms in total. The quantitative estimate of drug-likeness (QED) is 0.764. The number of H-pyrrole nitrogens is 1. The van der Waals surface area contributed by atoms with E-state index in [4.69, 9.17) is 9.84 Å². The summed E-state index contributed by atoms with van der Waals surface area (Å²) in [5.74, 6) is -0.683. The summed E-state index contributed by atoms with van der Waals surface area (Å²) >= 11 is 0. The van der Waals surface area contributed by atoms with E-state index >= 15 is 0 Å². The first-order valence-electron chi connectivity index (χ1n) is 5.34. The van der Waals surface area contributed by atoms with E-state index in [9.17, 15) is 9.59 Å². The van der Waals surface area contributed by atoms with Crippen molar-refractivity contribution in [3.05, 3.63) is 46.5 Å². The van der Waals surface area contributed by atoms with Crippen molar-refractivity contribution in [1.29, 1.82) is 0 Å². The second-order valence-electron chi connectivity index (χ2n) is 3.62. The lowest BCUT2D eigenvalue weighted by Gasteiger charge is -2.08. The Labute approximate surface area is 107 Å². The molecule has 0 saturated carbocycles. The molecule has 2 rings (SSSR count). The van der Waals surface area contributed by atoms with E-state index in [2.05, 4.69) is 15.3 Å². The van der Waals surface area contributed by atoms with Crippen molar-refractivity contribution in [2.45, 2.75) is 0 Å². The third kappa shape index (κ3) is 2.71. The van der Waals surface area contributed by atoms with Crippen LogP contribution < -0.4 is 15.6 Å². The predicted octanol–water partition coefficient (Wildman–Crippen LogP) is 1.22. The van der Waals surface area contributed by atoms with E-state index in [1.54, 1.807) is 12.1 Å². The highest BCUT2D eigenvalue weighted by atomic mass is 16.5. The third-order valence-electron chi connectivity index (χ3n) is 2.41. The fraction of sp³-hybridized carbons (Fsp3) is 0.0833. The summed E-state index contributed by atoms with van der Waals surface area (Å²) in [4.78, 5) is 28.5. The van der Waals surface area contributed by atoms with Crippen LogP contribution in [0.4, 0.5) is 11.5 Å². The number of carboxylic acid groups (broad SMARTS) is 1. The van der Waals surface area contributed by atoms with Gasteiger partial charge in [-0.3, -0.25) is 4.79 Å². The van der Waals surface area contributed by atoms with Crippen LogP contribution in [0.3, 0.4) is 0 Å². The second-order valence-corrected chi connectivity index (χ2v) is 3.62. The molecule has 3 N–H and O–H groups in total. The number of carbonyl (C=O) groups is 1. The van der Waals surface area contributed by atoms with Crippen LogP contribution in [0.15, 0.2) is 35.4 Å². The van der Waals surface area contributed by atoms with E-state index in [0.29, 0.717) is 5.69 Å². The largest absolute Gasteiger partial charge is 0.489 e. The van der Waals surface area contributed by atoms with Gasteiger partial charge in [0.1, 0.15) is 0 Å². The normalized spacial score (nSPS) is 9.95. The van der Waals surface area contributed by atoms with Crippen LogP contribution in [0.2, 0.25) is 0 Å². The number of ether oxygens (including phenoxy) is 1. The van der Waals surface area contributed by atoms with Crippen molar-refractivity contribution < 1.29 is 14.6 Å². The molecule has 19 heavy (non-hydrogen) atoms. The Kier molecular flexibility index (Phi) is 3.46. The van der Waals surface area contributed by atoms with Gasteiger partial charge in [-0.25, -0.2) is 9.78 Å². The highest BCUT2D eigenvalue weighted by Gasteiger charge is 2.09. The summed E-state index contributed by atoms with van der Waals surface area (Å²) < 4.78 is 4.95. The molecule has 0 unspecified atom stereocenters. The Morgan fingerprint density at radius 3 is 2.63 bits per heavy atom. The highest BCUT2D eigenvalue weighted by Crippen LogP contribution is 2.20. The van der Waals surface area contributed by atoms with Crippen LogP contribution >= 0.6 is 0 Å². The smallest absolute Gasteiger partial charge is 0.335 e. The average molecular weight is 261 g/mol. The van der Waals surface area contributed by atoms with Crippen molar-refractivity contribution in [3.63, 3.8) is 0 Å². The van der Waals surface area contributed by atoms with E-state index in [1.807, 2.05) is 0 Å². The number of carboxylic acids is 1. The molecular weight excluding hydrogens is 250 g/mol. The summed E-state index contributed by atoms with van der Waals surface area (Å²) in [5, 5.41) is 11.7. The van der Waals surface area contributed by atoms with Gasteiger partial charge in [0.25, 0.3) is 5.56 Å². The number of aromatic amines is 1. The molecule has 1 aromatic heterocycles. The van der Waals surface area contributed by atoms with E-state index < -0.39 is 11.5 Å². The number of anilines is 2. The van der Waals surface area contributed by atoms with Crippen molar-refractivity contribution in [2.24, 2.45) is 0 Å². The van der Waals surface area contributed by atoms with Crippen molar-refractivity contribution >= 4 is 17.5 Å². The lowest BCUT2D eigenvalue weighted by molar-refractivity contribution is 0.0697. The number of rotatable bonds is 4. The van der Waals surface area contributed by atoms with Gasteiger partial charge in [-0.05, 0) is 24.3 Å². The standard InChI is InChI=1S/C12H11N3O4/c1-19-9-10(13-6-14-11(9)16)15-8-4-2-7(3-5-8)12(17)18/h2-6H,1H3,(H,17,18)(H2,13,14,15,16). The van der Waals surface area contributed by atoms with E-state index in [1.165, 1.54) is 25.6 Å². The molecule has 0 fully saturated rings. The van der Waals surface area contributed by atoms with Gasteiger partial charge in [0, 0.05) is 5.69 Å². The summed E-state index contributed by atoms with van der Waals surface area (Å²) in [6.07, 6.45) is 1.25. The minimum atomic E-state index is -1.00. The van der Waals surface area contributed by atoms with Gasteiger partial charge in [0.15, 0.2) is 5.82 Å². The lowest BCUT2D eigenvalue weighted by atomic mass is 10.2. The van der Waals surface area contributed by atoms with Crippen LogP contribution in [0, 0.1) is 0 Å². The summed E-state index contributed by atoms with van der Waals surface area (Å²) in [6.45, 7) is 0. The molecule has 0 aliphatic carbocycles. The Hall–Kier alpha value is -2.83. The highest BCUT2D eigenvalue weighted by molar-refractivity contribution is 5.88. The minimum Gasteiger partial charge on any atom is -0.489 e. The van der Waals surface area contributed by atoms with Crippen LogP contribution in [0.1, 0.15) is 10.4 Å². The SMILES string of the molecule is COc1c(Nc2ccc(C(=O)O)cc2)nc[nH]c1=O. The van der Waals surface area contributed by atoms with Crippen LogP contribution in [-0.2, 0) is 0 Å². The molecule has 0 amide bonds. The summed E-state index contributed by atoms with van der Waals surface area (Å²) in [6, 6.07) is 6.05. The van der Waals surface area contributed by atoms with Gasteiger partial charge in [0.2, 0.25) is 5.75 Å². The number of methoxy groups -OCH3 is 1. The first kappa shape index (κ1) is 12.6. The molecule has 0 aliphatic heterocycles. The molecular formula is C12H11N3O4. The fourth-order valence-electron chi connectivity index (χ4n) is 1.50. The zero-order valence-corrected chi connectivity index (χ0v) is 10.0. The second kappa shape index (κ2) is 5.21. The maximum atomic E-state index is 11.5. The minimum absolute atomic E-state index is 0.0600. The molecule has 2 aromatic rings. The maximum Gasteiger partial charge on any atom is 0.335 e. The number of nitrogens with one attached hydrogen (secondary N) is 2. The first-order chi connectivity index (χ1) is 9.11. The number of aromatic carboxylic acids is 1. The van der Waals surface area contributed by atoms with Crippen LogP contribution in [0.25, 0.3) is 0 Å². The topological polar surface area (TPSA) is 104 Å². The molecule has 1 heterocycles. The molecule has 0 spiro atoms. The van der Waals surface area contributed by atoms with E-state index in [-0.39, 0.29) is 17.1 Å². The summed E-state index contributed by atoms with van der Waals surface area (Å²) in [7, 11) is 1.37. The lowest BCUT2D eigenvalue weighted by Crippen LogP contribution is -2.12. The molecule has 0 saturated heterocycles. The zero-order valence-electron chi connectivity index (χ0n) is 10.0. The van der Waals surface area contributed by atoms with Crippen molar-refractivity contribution in [3.8, 4) is 5.75 Å². The summed E-state index contributed by atoms with van der Waals surface area (Å²) in [5.41, 5.74) is 0.375. The Morgan fingerprint density at radius 1 is 1.37 bits per heavy atom. The molecule has 0 bridgehead atoms. The van der Waals surface area contributed by atoms with Gasteiger partial charge in [-0.2, -0.15) is 0 Å². The predicted molar refractivity (Wildman–Crippen MR) is 68.1 cm³/mol. The zero-order chi connectivity index (χ0) is 13.8. The van der Waals surface area contributed by atoms with Gasteiger partial charge >= 0.3 is 5.97 Å². The average Bonchev–Trinajstić information content (AvgIpc) is 2.39. The Bertz CT molecular complexity index is 649. The van der Waals surface area contributed by atoms with Crippen molar-refractivity contribution in [2.75, 3.05) is 12.4 Å². The number of nitrogens with zero attached hydrogens (tertiary/aromatic N) is 1. The van der Waals surface area contributed by atoms with Crippen molar-refractivity contribution in [1.82, 2.24) is 9.97 Å². The van der Waals surface area contributed by atoms with E-state index in [0.717, 1.165) is 0 Å². The van der Waals surface area contributed by atoms with Crippen LogP contribution in [-0.4, -0.2) is 28.2 Å². The number of hydrogen-bond donors (Lipinski definition) is 3. The third-order valence-corrected chi connectivity index (χ3v) is 2.41.